The average Bonchev–Trinajstić information content (AvgIpc) is 2.02. The smallest absolute Gasteiger partial charge is 0.262 e. The molecule has 0 spiro atoms. The first-order valence-electron chi connectivity index (χ1n) is 3.66. The minimum absolute atomic E-state index is 0.149. The summed E-state index contributed by atoms with van der Waals surface area (Å²) in [7, 11) is 5.31. The fraction of sp³-hybridized carbons (Fsp3) is 0.429. The van der Waals surface area contributed by atoms with Gasteiger partial charge in [-0.25, -0.2) is 18.7 Å². The molecule has 2 radical (unpaired) electrons. The van der Waals surface area contributed by atoms with Crippen molar-refractivity contribution in [3.8, 4) is 0 Å². The Labute approximate surface area is 76.0 Å². The first kappa shape index (κ1) is 9.89. The van der Waals surface area contributed by atoms with Gasteiger partial charge in [-0.15, -0.1) is 0 Å². The van der Waals surface area contributed by atoms with Crippen LogP contribution >= 0.6 is 0 Å². The maximum atomic E-state index is 12.3. The Morgan fingerprint density at radius 1 is 1.46 bits per heavy atom. The number of halogens is 2. The highest BCUT2D eigenvalue weighted by molar-refractivity contribution is 6.31. The van der Waals surface area contributed by atoms with Crippen LogP contribution < -0.4 is 10.8 Å². The van der Waals surface area contributed by atoms with Gasteiger partial charge in [0.2, 0.25) is 5.95 Å². The van der Waals surface area contributed by atoms with Gasteiger partial charge in [-0.05, 0) is 0 Å². The summed E-state index contributed by atoms with van der Waals surface area (Å²) >= 11 is 0. The van der Waals surface area contributed by atoms with Crippen molar-refractivity contribution in [1.29, 1.82) is 0 Å². The van der Waals surface area contributed by atoms with Crippen molar-refractivity contribution in [1.82, 2.24) is 9.97 Å². The molecule has 6 heteroatoms. The summed E-state index contributed by atoms with van der Waals surface area (Å²) in [6, 6.07) is 0. The van der Waals surface area contributed by atoms with E-state index in [0.717, 1.165) is 6.92 Å². The van der Waals surface area contributed by atoms with Gasteiger partial charge in [0.1, 0.15) is 7.85 Å². The van der Waals surface area contributed by atoms with E-state index in [0.29, 0.717) is 5.46 Å². The molecule has 0 aliphatic heterocycles. The standard InChI is InChI=1S/C7H8BF2N3/c1-7(9,10)4-13-6-11-2-5(8)3-12-6/h2-3H,4H2,1H3,(H,11,12,13). The summed E-state index contributed by atoms with van der Waals surface area (Å²) in [5.41, 5.74) is 0.397. The number of aromatic nitrogens is 2. The Balaban J connectivity index is 2.51. The zero-order valence-electron chi connectivity index (χ0n) is 7.09. The van der Waals surface area contributed by atoms with E-state index >= 15 is 0 Å². The normalized spacial score (nSPS) is 11.3. The van der Waals surface area contributed by atoms with Crippen LogP contribution in [0, 0.1) is 0 Å². The third kappa shape index (κ3) is 3.82. The van der Waals surface area contributed by atoms with Gasteiger partial charge in [0.15, 0.2) is 0 Å². The van der Waals surface area contributed by atoms with Crippen LogP contribution in [0.1, 0.15) is 6.92 Å². The number of rotatable bonds is 3. The molecule has 1 rings (SSSR count). The number of nitrogens with one attached hydrogen (secondary N) is 1. The summed E-state index contributed by atoms with van der Waals surface area (Å²) in [4.78, 5) is 7.40. The summed E-state index contributed by atoms with van der Waals surface area (Å²) in [5.74, 6) is -2.62. The van der Waals surface area contributed by atoms with Crippen LogP contribution in [0.4, 0.5) is 14.7 Å². The van der Waals surface area contributed by atoms with Gasteiger partial charge in [-0.3, -0.25) is 0 Å². The SMILES string of the molecule is [B]c1cnc(NCC(C)(F)F)nc1. The van der Waals surface area contributed by atoms with Crippen molar-refractivity contribution < 1.29 is 8.78 Å². The number of anilines is 1. The minimum atomic E-state index is -2.77. The van der Waals surface area contributed by atoms with E-state index in [-0.39, 0.29) is 5.95 Å². The lowest BCUT2D eigenvalue weighted by Gasteiger charge is -2.10. The van der Waals surface area contributed by atoms with Crippen LogP contribution in [-0.4, -0.2) is 30.3 Å². The lowest BCUT2D eigenvalue weighted by atomic mass is 10.0. The van der Waals surface area contributed by atoms with E-state index in [2.05, 4.69) is 15.3 Å². The van der Waals surface area contributed by atoms with Crippen molar-refractivity contribution >= 4 is 19.3 Å². The predicted octanol–water partition coefficient (Wildman–Crippen LogP) is 0.337. The fourth-order valence-corrected chi connectivity index (χ4v) is 0.664. The van der Waals surface area contributed by atoms with Crippen LogP contribution in [0.25, 0.3) is 0 Å². The Hall–Kier alpha value is -1.20. The molecule has 0 bridgehead atoms. The van der Waals surface area contributed by atoms with Crippen molar-refractivity contribution in [2.45, 2.75) is 12.8 Å². The maximum Gasteiger partial charge on any atom is 0.262 e. The third-order valence-electron chi connectivity index (χ3n) is 1.23. The van der Waals surface area contributed by atoms with Crippen LogP contribution in [0.5, 0.6) is 0 Å². The molecule has 0 fully saturated rings. The molecule has 1 aromatic rings. The lowest BCUT2D eigenvalue weighted by molar-refractivity contribution is 0.0366. The van der Waals surface area contributed by atoms with Crippen molar-refractivity contribution in [3.63, 3.8) is 0 Å². The van der Waals surface area contributed by atoms with Gasteiger partial charge in [0, 0.05) is 19.3 Å². The van der Waals surface area contributed by atoms with E-state index in [1.165, 1.54) is 12.4 Å². The highest BCUT2D eigenvalue weighted by Gasteiger charge is 2.20. The van der Waals surface area contributed by atoms with Crippen molar-refractivity contribution in [2.24, 2.45) is 0 Å². The molecule has 0 amide bonds. The first-order valence-corrected chi connectivity index (χ1v) is 3.66. The molecule has 0 saturated carbocycles. The fourth-order valence-electron chi connectivity index (χ4n) is 0.664. The zero-order valence-corrected chi connectivity index (χ0v) is 7.09. The quantitative estimate of drug-likeness (QED) is 0.686. The molecule has 68 valence electrons. The molecular formula is C7H8BF2N3. The Morgan fingerprint density at radius 2 is 2.00 bits per heavy atom. The predicted molar refractivity (Wildman–Crippen MR) is 46.5 cm³/mol. The Bertz CT molecular complexity index is 270. The van der Waals surface area contributed by atoms with Crippen LogP contribution in [0.2, 0.25) is 0 Å². The van der Waals surface area contributed by atoms with Crippen LogP contribution in [0.3, 0.4) is 0 Å². The molecule has 0 aromatic carbocycles. The van der Waals surface area contributed by atoms with Gasteiger partial charge >= 0.3 is 0 Å². The molecule has 3 nitrogen and oxygen atoms in total. The third-order valence-corrected chi connectivity index (χ3v) is 1.23. The molecule has 0 aliphatic rings. The molecule has 1 N–H and O–H groups in total. The van der Waals surface area contributed by atoms with E-state index in [1.54, 1.807) is 0 Å². The van der Waals surface area contributed by atoms with Gasteiger partial charge in [-0.2, -0.15) is 0 Å². The van der Waals surface area contributed by atoms with Crippen molar-refractivity contribution in [3.05, 3.63) is 12.4 Å². The molecule has 0 saturated heterocycles. The molecular weight excluding hydrogens is 175 g/mol. The van der Waals surface area contributed by atoms with E-state index < -0.39 is 12.5 Å². The summed E-state index contributed by atoms with van der Waals surface area (Å²) in [6.45, 7) is 0.328. The Morgan fingerprint density at radius 3 is 2.46 bits per heavy atom. The first-order chi connectivity index (χ1) is 5.97. The molecule has 1 aromatic heterocycles. The monoisotopic (exact) mass is 183 g/mol. The summed E-state index contributed by atoms with van der Waals surface area (Å²) in [6.07, 6.45) is 2.70. The van der Waals surface area contributed by atoms with Crippen molar-refractivity contribution in [2.75, 3.05) is 11.9 Å². The number of hydrogen-bond acceptors (Lipinski definition) is 3. The molecule has 0 aliphatic carbocycles. The van der Waals surface area contributed by atoms with E-state index in [4.69, 9.17) is 7.85 Å². The summed E-state index contributed by atoms with van der Waals surface area (Å²) in [5, 5.41) is 2.38. The minimum Gasteiger partial charge on any atom is -0.348 e. The second-order valence-electron chi connectivity index (χ2n) is 2.76. The number of hydrogen-bond donors (Lipinski definition) is 1. The lowest BCUT2D eigenvalue weighted by Crippen LogP contribution is -2.24. The second kappa shape index (κ2) is 3.68. The number of nitrogens with zero attached hydrogens (tertiary/aromatic N) is 2. The second-order valence-corrected chi connectivity index (χ2v) is 2.76. The molecule has 13 heavy (non-hydrogen) atoms. The van der Waals surface area contributed by atoms with Gasteiger partial charge in [0.05, 0.1) is 6.54 Å². The van der Waals surface area contributed by atoms with Gasteiger partial charge in [0.25, 0.3) is 5.92 Å². The highest BCUT2D eigenvalue weighted by Crippen LogP contribution is 2.10. The van der Waals surface area contributed by atoms with E-state index in [9.17, 15) is 8.78 Å². The largest absolute Gasteiger partial charge is 0.348 e. The number of alkyl halides is 2. The molecule has 0 atom stereocenters. The van der Waals surface area contributed by atoms with Crippen LogP contribution in [-0.2, 0) is 0 Å². The van der Waals surface area contributed by atoms with E-state index in [1.807, 2.05) is 0 Å². The zero-order chi connectivity index (χ0) is 9.90. The molecule has 0 unspecified atom stereocenters. The molecule has 1 heterocycles. The Kier molecular flexibility index (Phi) is 2.80. The average molecular weight is 183 g/mol. The van der Waals surface area contributed by atoms with Gasteiger partial charge < -0.3 is 5.32 Å². The summed E-state index contributed by atoms with van der Waals surface area (Å²) < 4.78 is 24.7. The van der Waals surface area contributed by atoms with Crippen LogP contribution in [0.15, 0.2) is 12.4 Å². The maximum absolute atomic E-state index is 12.3. The highest BCUT2D eigenvalue weighted by atomic mass is 19.3. The topological polar surface area (TPSA) is 37.8 Å². The van der Waals surface area contributed by atoms with Gasteiger partial charge in [-0.1, -0.05) is 5.46 Å².